The Labute approximate surface area is 124 Å². The molecule has 1 aliphatic carbocycles. The van der Waals surface area contributed by atoms with Crippen molar-refractivity contribution in [3.63, 3.8) is 0 Å². The molecule has 1 saturated carbocycles. The van der Waals surface area contributed by atoms with Crippen LogP contribution in [0.4, 0.5) is 0 Å². The summed E-state index contributed by atoms with van der Waals surface area (Å²) in [6.45, 7) is 1.81. The van der Waals surface area contributed by atoms with Gasteiger partial charge in [0, 0.05) is 13.5 Å². The minimum atomic E-state index is -3.66. The molecule has 0 heterocycles. The lowest BCUT2D eigenvalue weighted by Crippen LogP contribution is -2.28. The first-order chi connectivity index (χ1) is 9.97. The van der Waals surface area contributed by atoms with E-state index in [1.165, 1.54) is 19.1 Å². The van der Waals surface area contributed by atoms with E-state index in [0.717, 1.165) is 31.2 Å². The molecule has 0 aliphatic heterocycles. The maximum atomic E-state index is 12.1. The lowest BCUT2D eigenvalue weighted by Gasteiger charge is -2.12. The van der Waals surface area contributed by atoms with E-state index in [1.54, 1.807) is 12.1 Å². The molecule has 0 bridgehead atoms. The Morgan fingerprint density at radius 3 is 2.43 bits per heavy atom. The van der Waals surface area contributed by atoms with Gasteiger partial charge in [-0.2, -0.15) is 0 Å². The predicted octanol–water partition coefficient (Wildman–Crippen LogP) is 1.48. The summed E-state index contributed by atoms with van der Waals surface area (Å²) < 4.78 is 24.1. The minimum absolute atomic E-state index is 0.0289. The molecule has 1 aliphatic rings. The monoisotopic (exact) mass is 312 g/mol. The zero-order valence-corrected chi connectivity index (χ0v) is 12.8. The highest BCUT2D eigenvalue weighted by atomic mass is 32.2. The summed E-state index contributed by atoms with van der Waals surface area (Å²) in [6, 6.07) is 6.33. The summed E-state index contributed by atoms with van der Waals surface area (Å²) in [5, 5.41) is 2.65. The van der Waals surface area contributed by atoms with Gasteiger partial charge in [0.05, 0.1) is 11.0 Å². The maximum absolute atomic E-state index is 12.1. The molecule has 7 heteroatoms. The topological polar surface area (TPSA) is 84.5 Å². The third-order valence-electron chi connectivity index (χ3n) is 3.40. The number of amides is 1. The summed E-state index contributed by atoms with van der Waals surface area (Å²) >= 11 is 0. The van der Waals surface area contributed by atoms with E-state index in [-0.39, 0.29) is 16.9 Å². The molecule has 1 amide bonds. The van der Waals surface area contributed by atoms with Crippen LogP contribution in [0.1, 0.15) is 38.2 Å². The Morgan fingerprint density at radius 1 is 1.24 bits per heavy atom. The molecule has 0 spiro atoms. The van der Waals surface area contributed by atoms with Crippen molar-refractivity contribution in [2.75, 3.05) is 0 Å². The molecule has 2 N–H and O–H groups in total. The van der Waals surface area contributed by atoms with Crippen molar-refractivity contribution in [3.8, 4) is 0 Å². The van der Waals surface area contributed by atoms with Gasteiger partial charge in [-0.25, -0.2) is 8.42 Å². The third-order valence-corrected chi connectivity index (χ3v) is 4.61. The molecule has 2 rings (SSSR count). The van der Waals surface area contributed by atoms with Crippen LogP contribution in [0, 0.1) is 0 Å². The van der Waals surface area contributed by atoms with E-state index in [4.69, 9.17) is 4.84 Å². The average Bonchev–Trinajstić information content (AvgIpc) is 2.97. The quantitative estimate of drug-likeness (QED) is 0.779. The number of hydrogen-bond donors (Lipinski definition) is 2. The lowest BCUT2D eigenvalue weighted by molar-refractivity contribution is -0.119. The van der Waals surface area contributed by atoms with E-state index in [9.17, 15) is 13.2 Å². The Kier molecular flexibility index (Phi) is 5.33. The molecule has 1 fully saturated rings. The van der Waals surface area contributed by atoms with Gasteiger partial charge in [0.25, 0.3) is 10.0 Å². The average molecular weight is 312 g/mol. The molecule has 6 nitrogen and oxygen atoms in total. The first kappa shape index (κ1) is 15.9. The Bertz CT molecular complexity index is 577. The smallest absolute Gasteiger partial charge is 0.262 e. The van der Waals surface area contributed by atoms with Crippen LogP contribution in [-0.4, -0.2) is 20.4 Å². The van der Waals surface area contributed by atoms with Gasteiger partial charge in [-0.1, -0.05) is 29.9 Å². The van der Waals surface area contributed by atoms with Crippen LogP contribution >= 0.6 is 0 Å². The number of sulfonamides is 1. The molecule has 0 radical (unpaired) electrons. The zero-order chi connectivity index (χ0) is 15.3. The van der Waals surface area contributed by atoms with Crippen LogP contribution in [0.15, 0.2) is 29.2 Å². The van der Waals surface area contributed by atoms with Crippen LogP contribution in [0.3, 0.4) is 0 Å². The Balaban J connectivity index is 1.94. The molecule has 1 aromatic carbocycles. The Morgan fingerprint density at radius 2 is 1.86 bits per heavy atom. The van der Waals surface area contributed by atoms with Crippen molar-refractivity contribution in [1.29, 1.82) is 0 Å². The molecule has 0 unspecified atom stereocenters. The number of benzene rings is 1. The number of rotatable bonds is 6. The van der Waals surface area contributed by atoms with Crippen molar-refractivity contribution in [3.05, 3.63) is 29.8 Å². The maximum Gasteiger partial charge on any atom is 0.262 e. The second kappa shape index (κ2) is 7.02. The van der Waals surface area contributed by atoms with E-state index in [0.29, 0.717) is 6.54 Å². The van der Waals surface area contributed by atoms with Gasteiger partial charge in [0.15, 0.2) is 0 Å². The molecular weight excluding hydrogens is 292 g/mol. The van der Waals surface area contributed by atoms with E-state index >= 15 is 0 Å². The van der Waals surface area contributed by atoms with Gasteiger partial charge in [0.2, 0.25) is 5.91 Å². The SMILES string of the molecule is CC(=O)NCc1ccc(S(=O)(=O)NOC2CCCC2)cc1. The number of carbonyl (C=O) groups is 1. The van der Waals surface area contributed by atoms with Crippen LogP contribution in [0.2, 0.25) is 0 Å². The Hall–Kier alpha value is -1.44. The molecule has 0 saturated heterocycles. The van der Waals surface area contributed by atoms with Gasteiger partial charge >= 0.3 is 0 Å². The molecule has 0 aromatic heterocycles. The summed E-state index contributed by atoms with van der Waals surface area (Å²) in [5.41, 5.74) is 0.834. The van der Waals surface area contributed by atoms with Crippen LogP contribution < -0.4 is 10.2 Å². The highest BCUT2D eigenvalue weighted by Crippen LogP contribution is 2.20. The summed E-state index contributed by atoms with van der Waals surface area (Å²) in [7, 11) is -3.66. The van der Waals surface area contributed by atoms with Crippen LogP contribution in [0.5, 0.6) is 0 Å². The first-order valence-electron chi connectivity index (χ1n) is 6.98. The molecular formula is C14H20N2O4S. The largest absolute Gasteiger partial charge is 0.352 e. The van der Waals surface area contributed by atoms with E-state index in [1.807, 2.05) is 0 Å². The highest BCUT2D eigenvalue weighted by molar-refractivity contribution is 7.89. The standard InChI is InChI=1S/C14H20N2O4S/c1-11(17)15-10-12-6-8-14(9-7-12)21(18,19)16-20-13-4-2-3-5-13/h6-9,13,16H,2-5,10H2,1H3,(H,15,17). The second-order valence-electron chi connectivity index (χ2n) is 5.16. The van der Waals surface area contributed by atoms with E-state index < -0.39 is 10.0 Å². The third kappa shape index (κ3) is 4.80. The van der Waals surface area contributed by atoms with Crippen molar-refractivity contribution >= 4 is 15.9 Å². The van der Waals surface area contributed by atoms with Gasteiger partial charge in [-0.15, -0.1) is 0 Å². The number of carbonyl (C=O) groups excluding carboxylic acids is 1. The number of nitrogens with one attached hydrogen (secondary N) is 2. The summed E-state index contributed by atoms with van der Waals surface area (Å²) in [4.78, 5) is 18.4. The fourth-order valence-corrected chi connectivity index (χ4v) is 3.05. The van der Waals surface area contributed by atoms with Crippen molar-refractivity contribution < 1.29 is 18.0 Å². The van der Waals surface area contributed by atoms with Gasteiger partial charge in [0.1, 0.15) is 0 Å². The fourth-order valence-electron chi connectivity index (χ4n) is 2.20. The van der Waals surface area contributed by atoms with Crippen LogP contribution in [-0.2, 0) is 26.2 Å². The molecule has 116 valence electrons. The minimum Gasteiger partial charge on any atom is -0.352 e. The van der Waals surface area contributed by atoms with Gasteiger partial charge in [-0.05, 0) is 30.5 Å². The zero-order valence-electron chi connectivity index (χ0n) is 12.0. The van der Waals surface area contributed by atoms with Crippen LogP contribution in [0.25, 0.3) is 0 Å². The van der Waals surface area contributed by atoms with Crippen molar-refractivity contribution in [2.24, 2.45) is 0 Å². The molecule has 0 atom stereocenters. The van der Waals surface area contributed by atoms with E-state index in [2.05, 4.69) is 10.2 Å². The first-order valence-corrected chi connectivity index (χ1v) is 8.46. The van der Waals surface area contributed by atoms with Crippen molar-refractivity contribution in [2.45, 2.75) is 50.2 Å². The summed E-state index contributed by atoms with van der Waals surface area (Å²) in [6.07, 6.45) is 3.89. The molecule has 1 aromatic rings. The van der Waals surface area contributed by atoms with Gasteiger partial charge < -0.3 is 5.32 Å². The summed E-state index contributed by atoms with van der Waals surface area (Å²) in [5.74, 6) is -0.127. The normalized spacial score (nSPS) is 16.0. The lowest BCUT2D eigenvalue weighted by atomic mass is 10.2. The fraction of sp³-hybridized carbons (Fsp3) is 0.500. The van der Waals surface area contributed by atoms with Crippen molar-refractivity contribution in [1.82, 2.24) is 10.2 Å². The second-order valence-corrected chi connectivity index (χ2v) is 6.81. The number of hydrogen-bond acceptors (Lipinski definition) is 4. The highest BCUT2D eigenvalue weighted by Gasteiger charge is 2.20. The molecule has 21 heavy (non-hydrogen) atoms. The predicted molar refractivity (Wildman–Crippen MR) is 77.6 cm³/mol. The van der Waals surface area contributed by atoms with Gasteiger partial charge in [-0.3, -0.25) is 9.63 Å².